The number of likely N-dealkylation sites (N-methyl/N-ethyl adjacent to an activating group) is 1. The molecule has 1 unspecified atom stereocenters. The van der Waals surface area contributed by atoms with Crippen molar-refractivity contribution in [2.75, 3.05) is 11.9 Å². The zero-order valence-corrected chi connectivity index (χ0v) is 13.9. The summed E-state index contributed by atoms with van der Waals surface area (Å²) in [6.45, 7) is 3.79. The summed E-state index contributed by atoms with van der Waals surface area (Å²) in [5.41, 5.74) is 0.456. The number of hydrogen-bond donors (Lipinski definition) is 1. The maximum Gasteiger partial charge on any atom is 0.281 e. The van der Waals surface area contributed by atoms with Crippen molar-refractivity contribution in [3.8, 4) is 5.75 Å². The minimum atomic E-state index is -1.62. The van der Waals surface area contributed by atoms with Crippen LogP contribution in [0.1, 0.15) is 18.1 Å². The second kappa shape index (κ2) is 5.96. The van der Waals surface area contributed by atoms with Gasteiger partial charge in [0, 0.05) is 19.8 Å². The molecule has 2 heterocycles. The van der Waals surface area contributed by atoms with Gasteiger partial charge >= 0.3 is 0 Å². The van der Waals surface area contributed by atoms with Crippen LogP contribution >= 0.6 is 0 Å². The van der Waals surface area contributed by atoms with E-state index in [9.17, 15) is 9.59 Å². The van der Waals surface area contributed by atoms with E-state index in [0.717, 1.165) is 11.1 Å². The van der Waals surface area contributed by atoms with E-state index in [1.807, 2.05) is 31.2 Å². The smallest absolute Gasteiger partial charge is 0.281 e. The first kappa shape index (κ1) is 16.0. The van der Waals surface area contributed by atoms with Crippen molar-refractivity contribution in [2.45, 2.75) is 26.0 Å². The molecule has 3 rings (SSSR count). The Balaban J connectivity index is 1.80. The molecule has 6 nitrogen and oxygen atoms in total. The molecule has 124 valence electrons. The van der Waals surface area contributed by atoms with E-state index < -0.39 is 17.4 Å². The van der Waals surface area contributed by atoms with Crippen molar-refractivity contribution >= 4 is 17.6 Å². The topological polar surface area (TPSA) is 71.5 Å². The summed E-state index contributed by atoms with van der Waals surface area (Å²) < 4.78 is 5.71. The molecule has 2 aromatic rings. The summed E-state index contributed by atoms with van der Waals surface area (Å²) in [5, 5.41) is 2.79. The normalized spacial score (nSPS) is 19.5. The van der Waals surface area contributed by atoms with Crippen molar-refractivity contribution in [3.05, 3.63) is 53.7 Å². The SMILES string of the molecule is Cc1cccc(CNC(=O)C2(C)Oc3cccnc3N(C)C2=O)c1. The Morgan fingerprint density at radius 2 is 2.12 bits per heavy atom. The van der Waals surface area contributed by atoms with Crippen molar-refractivity contribution in [3.63, 3.8) is 0 Å². The van der Waals surface area contributed by atoms with Gasteiger partial charge in [-0.05, 0) is 31.5 Å². The average Bonchev–Trinajstić information content (AvgIpc) is 2.58. The van der Waals surface area contributed by atoms with Gasteiger partial charge in [0.2, 0.25) is 0 Å². The number of carbonyl (C=O) groups is 2. The van der Waals surface area contributed by atoms with E-state index in [0.29, 0.717) is 18.1 Å². The van der Waals surface area contributed by atoms with E-state index in [1.165, 1.54) is 11.8 Å². The molecule has 1 aliphatic heterocycles. The summed E-state index contributed by atoms with van der Waals surface area (Å²) >= 11 is 0. The number of nitrogens with zero attached hydrogens (tertiary/aromatic N) is 2. The quantitative estimate of drug-likeness (QED) is 0.874. The summed E-state index contributed by atoms with van der Waals surface area (Å²) in [5.74, 6) is -0.106. The Kier molecular flexibility index (Phi) is 3.97. The second-order valence-electron chi connectivity index (χ2n) is 6.00. The van der Waals surface area contributed by atoms with E-state index in [2.05, 4.69) is 10.3 Å². The first-order valence-electron chi connectivity index (χ1n) is 7.68. The molecule has 1 aliphatic rings. The van der Waals surface area contributed by atoms with Crippen LogP contribution in [0.15, 0.2) is 42.6 Å². The fraction of sp³-hybridized carbons (Fsp3) is 0.278. The fourth-order valence-electron chi connectivity index (χ4n) is 2.71. The number of hydrogen-bond acceptors (Lipinski definition) is 4. The molecule has 0 spiro atoms. The predicted molar refractivity (Wildman–Crippen MR) is 89.7 cm³/mol. The van der Waals surface area contributed by atoms with Gasteiger partial charge in [0.1, 0.15) is 0 Å². The van der Waals surface area contributed by atoms with Gasteiger partial charge in [-0.3, -0.25) is 14.5 Å². The van der Waals surface area contributed by atoms with Crippen molar-refractivity contribution in [2.24, 2.45) is 0 Å². The molecule has 0 aliphatic carbocycles. The minimum absolute atomic E-state index is 0.330. The summed E-state index contributed by atoms with van der Waals surface area (Å²) in [6.07, 6.45) is 1.58. The highest BCUT2D eigenvalue weighted by Crippen LogP contribution is 2.34. The Bertz CT molecular complexity index is 806. The standard InChI is InChI=1S/C18H19N3O3/c1-12-6-4-7-13(10-12)11-20-16(22)18(2)17(23)21(3)15-14(24-18)8-5-9-19-15/h4-10H,11H2,1-3H3,(H,20,22). The third-order valence-electron chi connectivity index (χ3n) is 4.06. The molecule has 0 saturated carbocycles. The van der Waals surface area contributed by atoms with Crippen LogP contribution in [0.5, 0.6) is 5.75 Å². The maximum absolute atomic E-state index is 12.6. The molecular weight excluding hydrogens is 306 g/mol. The minimum Gasteiger partial charge on any atom is -0.464 e. The van der Waals surface area contributed by atoms with Crippen LogP contribution in [0.25, 0.3) is 0 Å². The number of ether oxygens (including phenoxy) is 1. The highest BCUT2D eigenvalue weighted by molar-refractivity contribution is 6.15. The van der Waals surface area contributed by atoms with Crippen LogP contribution in [-0.4, -0.2) is 29.4 Å². The number of anilines is 1. The van der Waals surface area contributed by atoms with Crippen LogP contribution < -0.4 is 15.0 Å². The van der Waals surface area contributed by atoms with Crippen LogP contribution in [0.4, 0.5) is 5.82 Å². The van der Waals surface area contributed by atoms with Crippen molar-refractivity contribution in [1.82, 2.24) is 10.3 Å². The highest BCUT2D eigenvalue weighted by atomic mass is 16.5. The van der Waals surface area contributed by atoms with Crippen LogP contribution in [0.2, 0.25) is 0 Å². The summed E-state index contributed by atoms with van der Waals surface area (Å²) in [6, 6.07) is 11.2. The predicted octanol–water partition coefficient (Wildman–Crippen LogP) is 1.82. The van der Waals surface area contributed by atoms with Crippen LogP contribution in [-0.2, 0) is 16.1 Å². The lowest BCUT2D eigenvalue weighted by molar-refractivity contribution is -0.148. The van der Waals surface area contributed by atoms with Crippen molar-refractivity contribution < 1.29 is 14.3 Å². The molecule has 1 aromatic carbocycles. The van der Waals surface area contributed by atoms with E-state index >= 15 is 0 Å². The van der Waals surface area contributed by atoms with Crippen LogP contribution in [0, 0.1) is 6.92 Å². The molecule has 0 radical (unpaired) electrons. The Morgan fingerprint density at radius 1 is 1.33 bits per heavy atom. The molecule has 24 heavy (non-hydrogen) atoms. The number of aryl methyl sites for hydroxylation is 1. The number of carbonyl (C=O) groups excluding carboxylic acids is 2. The number of nitrogens with one attached hydrogen (secondary N) is 1. The molecule has 6 heteroatoms. The largest absolute Gasteiger partial charge is 0.464 e. The van der Waals surface area contributed by atoms with Gasteiger partial charge in [0.25, 0.3) is 17.4 Å². The second-order valence-corrected chi connectivity index (χ2v) is 6.00. The zero-order valence-electron chi connectivity index (χ0n) is 13.9. The first-order valence-corrected chi connectivity index (χ1v) is 7.68. The lowest BCUT2D eigenvalue weighted by Gasteiger charge is -2.36. The summed E-state index contributed by atoms with van der Waals surface area (Å²) in [7, 11) is 1.59. The molecule has 1 N–H and O–H groups in total. The lowest BCUT2D eigenvalue weighted by Crippen LogP contribution is -2.61. The molecule has 2 amide bonds. The lowest BCUT2D eigenvalue weighted by atomic mass is 10.0. The Morgan fingerprint density at radius 3 is 2.88 bits per heavy atom. The van der Waals surface area contributed by atoms with Gasteiger partial charge < -0.3 is 10.1 Å². The van der Waals surface area contributed by atoms with Gasteiger partial charge in [0.05, 0.1) is 0 Å². The average molecular weight is 325 g/mol. The monoisotopic (exact) mass is 325 g/mol. The van der Waals surface area contributed by atoms with E-state index in [4.69, 9.17) is 4.74 Å². The van der Waals surface area contributed by atoms with E-state index in [-0.39, 0.29) is 0 Å². The number of pyridine rings is 1. The molecule has 0 bridgehead atoms. The van der Waals surface area contributed by atoms with Crippen molar-refractivity contribution in [1.29, 1.82) is 0 Å². The molecular formula is C18H19N3O3. The van der Waals surface area contributed by atoms with Gasteiger partial charge in [-0.1, -0.05) is 29.8 Å². The van der Waals surface area contributed by atoms with Gasteiger partial charge in [-0.25, -0.2) is 4.98 Å². The van der Waals surface area contributed by atoms with Gasteiger partial charge in [-0.15, -0.1) is 0 Å². The van der Waals surface area contributed by atoms with Gasteiger partial charge in [-0.2, -0.15) is 0 Å². The number of benzene rings is 1. The molecule has 1 aromatic heterocycles. The number of amides is 2. The van der Waals surface area contributed by atoms with Gasteiger partial charge in [0.15, 0.2) is 11.6 Å². The third kappa shape index (κ3) is 2.71. The molecule has 1 atom stereocenters. The number of fused-ring (bicyclic) bond motifs is 1. The first-order chi connectivity index (χ1) is 11.4. The van der Waals surface area contributed by atoms with Crippen LogP contribution in [0.3, 0.4) is 0 Å². The molecule has 0 saturated heterocycles. The number of rotatable bonds is 3. The Labute approximate surface area is 140 Å². The number of aromatic nitrogens is 1. The van der Waals surface area contributed by atoms with E-state index in [1.54, 1.807) is 25.4 Å². The Hall–Kier alpha value is -2.89. The summed E-state index contributed by atoms with van der Waals surface area (Å²) in [4.78, 5) is 30.7. The zero-order chi connectivity index (χ0) is 17.3. The third-order valence-corrected chi connectivity index (χ3v) is 4.06. The fourth-order valence-corrected chi connectivity index (χ4v) is 2.71. The highest BCUT2D eigenvalue weighted by Gasteiger charge is 2.50. The maximum atomic E-state index is 12.6. The molecule has 0 fully saturated rings.